The molecule has 0 heterocycles. The average molecular weight is 439 g/mol. The van der Waals surface area contributed by atoms with E-state index in [-0.39, 0.29) is 25.0 Å². The Kier molecular flexibility index (Phi) is 7.18. The van der Waals surface area contributed by atoms with Gasteiger partial charge in [-0.05, 0) is 42.0 Å². The first kappa shape index (κ1) is 23.3. The Morgan fingerprint density at radius 3 is 2.00 bits per heavy atom. The van der Waals surface area contributed by atoms with E-state index in [1.54, 1.807) is 20.8 Å². The molecule has 7 nitrogen and oxygen atoms in total. The lowest BCUT2D eigenvalue weighted by molar-refractivity contribution is -0.150. The van der Waals surface area contributed by atoms with Crippen LogP contribution in [0.3, 0.4) is 0 Å². The molecule has 0 spiro atoms. The molecule has 1 aliphatic carbocycles. The van der Waals surface area contributed by atoms with Gasteiger partial charge in [0.15, 0.2) is 0 Å². The van der Waals surface area contributed by atoms with Gasteiger partial charge in [-0.2, -0.15) is 0 Å². The smallest absolute Gasteiger partial charge is 0.407 e. The van der Waals surface area contributed by atoms with Gasteiger partial charge in [-0.25, -0.2) is 9.59 Å². The number of hydrogen-bond acceptors (Lipinski definition) is 4. The molecule has 0 radical (unpaired) electrons. The van der Waals surface area contributed by atoms with Crippen LogP contribution in [0.4, 0.5) is 4.79 Å². The molecule has 2 unspecified atom stereocenters. The van der Waals surface area contributed by atoms with Crippen molar-refractivity contribution in [2.24, 2.45) is 5.92 Å². The Labute approximate surface area is 188 Å². The van der Waals surface area contributed by atoms with Crippen LogP contribution in [0.5, 0.6) is 0 Å². The van der Waals surface area contributed by atoms with E-state index in [2.05, 4.69) is 17.4 Å². The number of ether oxygens (including phenoxy) is 1. The third kappa shape index (κ3) is 4.61. The number of amides is 2. The summed E-state index contributed by atoms with van der Waals surface area (Å²) in [6, 6.07) is 14.2. The summed E-state index contributed by atoms with van der Waals surface area (Å²) in [5.74, 6) is -1.85. The molecule has 2 N–H and O–H groups in total. The third-order valence-corrected chi connectivity index (χ3v) is 6.00. The Morgan fingerprint density at radius 2 is 1.53 bits per heavy atom. The van der Waals surface area contributed by atoms with Gasteiger partial charge >= 0.3 is 12.1 Å². The molecule has 7 heteroatoms. The molecule has 2 aromatic rings. The number of fused-ring (bicyclic) bond motifs is 3. The molecule has 0 fully saturated rings. The summed E-state index contributed by atoms with van der Waals surface area (Å²) in [4.78, 5) is 38.2. The van der Waals surface area contributed by atoms with Crippen molar-refractivity contribution in [1.82, 2.24) is 10.2 Å². The molecule has 2 atom stereocenters. The van der Waals surface area contributed by atoms with Gasteiger partial charge in [0.05, 0.1) is 0 Å². The normalized spacial score (nSPS) is 14.3. The molecule has 2 aromatic carbocycles. The number of carboxylic acids is 1. The number of rotatable bonds is 8. The monoisotopic (exact) mass is 438 g/mol. The molecule has 1 aliphatic rings. The highest BCUT2D eigenvalue weighted by molar-refractivity contribution is 5.89. The lowest BCUT2D eigenvalue weighted by Crippen LogP contribution is -2.55. The van der Waals surface area contributed by atoms with E-state index in [0.29, 0.717) is 0 Å². The number of aliphatic carboxylic acids is 1. The van der Waals surface area contributed by atoms with E-state index in [0.717, 1.165) is 22.3 Å². The zero-order chi connectivity index (χ0) is 23.4. The molecular weight excluding hydrogens is 408 g/mol. The molecule has 2 amide bonds. The van der Waals surface area contributed by atoms with Crippen molar-refractivity contribution >= 4 is 18.0 Å². The van der Waals surface area contributed by atoms with Crippen molar-refractivity contribution in [1.29, 1.82) is 0 Å². The lowest BCUT2D eigenvalue weighted by atomic mass is 9.98. The number of hydrogen-bond donors (Lipinski definition) is 2. The highest BCUT2D eigenvalue weighted by Crippen LogP contribution is 2.44. The Morgan fingerprint density at radius 1 is 1.00 bits per heavy atom. The van der Waals surface area contributed by atoms with Crippen molar-refractivity contribution in [2.45, 2.75) is 45.7 Å². The summed E-state index contributed by atoms with van der Waals surface area (Å²) in [7, 11) is 0. The quantitative estimate of drug-likeness (QED) is 0.652. The maximum Gasteiger partial charge on any atom is 0.407 e. The van der Waals surface area contributed by atoms with Gasteiger partial charge in [-0.15, -0.1) is 0 Å². The van der Waals surface area contributed by atoms with Gasteiger partial charge in [0.2, 0.25) is 5.91 Å². The van der Waals surface area contributed by atoms with Crippen LogP contribution in [0.1, 0.15) is 44.7 Å². The topological polar surface area (TPSA) is 95.9 Å². The Balaban J connectivity index is 1.70. The molecule has 170 valence electrons. The fourth-order valence-corrected chi connectivity index (χ4v) is 4.21. The zero-order valence-corrected chi connectivity index (χ0v) is 18.9. The first-order valence-corrected chi connectivity index (χ1v) is 10.9. The second kappa shape index (κ2) is 9.85. The number of alkyl carbamates (subject to hydrolysis) is 1. The van der Waals surface area contributed by atoms with Crippen LogP contribution in [0, 0.1) is 5.92 Å². The van der Waals surface area contributed by atoms with Crippen LogP contribution < -0.4 is 5.32 Å². The average Bonchev–Trinajstić information content (AvgIpc) is 3.09. The van der Waals surface area contributed by atoms with Gasteiger partial charge in [-0.3, -0.25) is 4.79 Å². The van der Waals surface area contributed by atoms with Gasteiger partial charge in [0.1, 0.15) is 18.7 Å². The van der Waals surface area contributed by atoms with Crippen LogP contribution in [0.25, 0.3) is 11.1 Å². The van der Waals surface area contributed by atoms with Crippen molar-refractivity contribution in [3.63, 3.8) is 0 Å². The molecule has 0 aliphatic heterocycles. The maximum absolute atomic E-state index is 13.0. The standard InChI is InChI=1S/C25H30N2O5/c1-5-27(16(4)24(29)30)23(28)22(15(2)3)26-25(31)32-14-21-19-12-8-6-10-17(19)18-11-7-9-13-20(18)21/h6-13,15-16,21-22H,5,14H2,1-4H3,(H,26,31)(H,29,30). The number of benzene rings is 2. The molecule has 32 heavy (non-hydrogen) atoms. The summed E-state index contributed by atoms with van der Waals surface area (Å²) in [5, 5.41) is 11.9. The second-order valence-corrected chi connectivity index (χ2v) is 8.33. The number of nitrogens with one attached hydrogen (secondary N) is 1. The highest BCUT2D eigenvalue weighted by Gasteiger charge is 2.34. The van der Waals surface area contributed by atoms with E-state index in [1.165, 1.54) is 11.8 Å². The van der Waals surface area contributed by atoms with Crippen LogP contribution in [-0.2, 0) is 14.3 Å². The summed E-state index contributed by atoms with van der Waals surface area (Å²) in [6.07, 6.45) is -0.696. The van der Waals surface area contributed by atoms with Crippen molar-refractivity contribution < 1.29 is 24.2 Å². The zero-order valence-electron chi connectivity index (χ0n) is 18.9. The van der Waals surface area contributed by atoms with E-state index in [9.17, 15) is 19.5 Å². The first-order chi connectivity index (χ1) is 15.3. The molecule has 0 saturated heterocycles. The third-order valence-electron chi connectivity index (χ3n) is 6.00. The molecule has 3 rings (SSSR count). The predicted molar refractivity (Wildman–Crippen MR) is 121 cm³/mol. The van der Waals surface area contributed by atoms with Crippen LogP contribution >= 0.6 is 0 Å². The molecule has 0 saturated carbocycles. The maximum atomic E-state index is 13.0. The van der Waals surface area contributed by atoms with Gasteiger partial charge < -0.3 is 20.1 Å². The van der Waals surface area contributed by atoms with Gasteiger partial charge in [0.25, 0.3) is 0 Å². The lowest BCUT2D eigenvalue weighted by Gasteiger charge is -2.31. The van der Waals surface area contributed by atoms with Crippen molar-refractivity contribution in [2.75, 3.05) is 13.2 Å². The molecule has 0 aromatic heterocycles. The summed E-state index contributed by atoms with van der Waals surface area (Å²) >= 11 is 0. The molecule has 0 bridgehead atoms. The first-order valence-electron chi connectivity index (χ1n) is 10.9. The van der Waals surface area contributed by atoms with Gasteiger partial charge in [0, 0.05) is 12.5 Å². The van der Waals surface area contributed by atoms with Crippen molar-refractivity contribution in [3.05, 3.63) is 59.7 Å². The predicted octanol–water partition coefficient (Wildman–Crippen LogP) is 3.87. The molecular formula is C25H30N2O5. The second-order valence-electron chi connectivity index (χ2n) is 8.33. The fraction of sp³-hybridized carbons (Fsp3) is 0.400. The number of likely N-dealkylation sites (N-methyl/N-ethyl adjacent to an activating group) is 1. The van der Waals surface area contributed by atoms with Crippen molar-refractivity contribution in [3.8, 4) is 11.1 Å². The van der Waals surface area contributed by atoms with Crippen LogP contribution in [0.2, 0.25) is 0 Å². The Hall–Kier alpha value is -3.35. The number of nitrogens with zero attached hydrogens (tertiary/aromatic N) is 1. The summed E-state index contributed by atoms with van der Waals surface area (Å²) < 4.78 is 5.55. The minimum atomic E-state index is -1.09. The Bertz CT molecular complexity index is 958. The SMILES string of the molecule is CCN(C(=O)C(NC(=O)OCC1c2ccccc2-c2ccccc21)C(C)C)C(C)C(=O)O. The van der Waals surface area contributed by atoms with E-state index >= 15 is 0 Å². The summed E-state index contributed by atoms with van der Waals surface area (Å²) in [6.45, 7) is 7.12. The minimum Gasteiger partial charge on any atom is -0.480 e. The number of carbonyl (C=O) groups is 3. The van der Waals surface area contributed by atoms with E-state index in [4.69, 9.17) is 4.74 Å². The highest BCUT2D eigenvalue weighted by atomic mass is 16.5. The van der Waals surface area contributed by atoms with E-state index < -0.39 is 30.1 Å². The van der Waals surface area contributed by atoms with Crippen LogP contribution in [-0.4, -0.2) is 53.2 Å². The fourth-order valence-electron chi connectivity index (χ4n) is 4.21. The number of carbonyl (C=O) groups excluding carboxylic acids is 2. The largest absolute Gasteiger partial charge is 0.480 e. The van der Waals surface area contributed by atoms with Crippen LogP contribution in [0.15, 0.2) is 48.5 Å². The van der Waals surface area contributed by atoms with Gasteiger partial charge in [-0.1, -0.05) is 62.4 Å². The van der Waals surface area contributed by atoms with E-state index in [1.807, 2.05) is 36.4 Å². The number of carboxylic acid groups (broad SMARTS) is 1. The summed E-state index contributed by atoms with van der Waals surface area (Å²) in [5.41, 5.74) is 4.47. The minimum absolute atomic E-state index is 0.0828.